The second-order valence-electron chi connectivity index (χ2n) is 11.2. The van der Waals surface area contributed by atoms with Crippen molar-refractivity contribution in [3.63, 3.8) is 0 Å². The standard InChI is InChI=1S/C24H37N3O2/c1-23(29)10-7-17-16(15-23)3-4-19-18(17)8-11-24(2)20(19)5-6-21(24)22(28)9-14-27-25-12-13-26-27/h12-13,16-21,29H,3-11,14-15H2,1-2H3/t16-,17+,18-,19-,20+,21-,23-,24+/m1/s1. The first-order valence-corrected chi connectivity index (χ1v) is 12.0. The molecule has 1 aromatic heterocycles. The van der Waals surface area contributed by atoms with Gasteiger partial charge in [0, 0.05) is 12.3 Å². The fraction of sp³-hybridized carbons (Fsp3) is 0.875. The number of rotatable bonds is 4. The van der Waals surface area contributed by atoms with E-state index in [-0.39, 0.29) is 11.3 Å². The summed E-state index contributed by atoms with van der Waals surface area (Å²) in [5, 5.41) is 18.9. The van der Waals surface area contributed by atoms with Gasteiger partial charge >= 0.3 is 0 Å². The SMILES string of the molecule is C[C@@]1(O)CC[C@H]2[C@H](CC[C@@H]3[C@@H]2CC[C@]2(C)[C@@H](C(=O)CCn4nccn4)CC[C@@H]32)C1. The van der Waals surface area contributed by atoms with Crippen LogP contribution in [-0.4, -0.2) is 31.5 Å². The van der Waals surface area contributed by atoms with Gasteiger partial charge in [0.05, 0.1) is 24.5 Å². The molecule has 0 bridgehead atoms. The molecule has 4 saturated carbocycles. The first kappa shape index (κ1) is 19.7. The summed E-state index contributed by atoms with van der Waals surface area (Å²) in [6.07, 6.45) is 14.6. The van der Waals surface area contributed by atoms with Crippen LogP contribution >= 0.6 is 0 Å². The highest BCUT2D eigenvalue weighted by molar-refractivity contribution is 5.82. The summed E-state index contributed by atoms with van der Waals surface area (Å²) in [6.45, 7) is 5.09. The average molecular weight is 400 g/mol. The monoisotopic (exact) mass is 399 g/mol. The van der Waals surface area contributed by atoms with Crippen molar-refractivity contribution < 1.29 is 9.90 Å². The van der Waals surface area contributed by atoms with Gasteiger partial charge in [0.25, 0.3) is 0 Å². The van der Waals surface area contributed by atoms with Crippen LogP contribution in [0.3, 0.4) is 0 Å². The van der Waals surface area contributed by atoms with E-state index in [4.69, 9.17) is 0 Å². The van der Waals surface area contributed by atoms with Gasteiger partial charge in [0.15, 0.2) is 0 Å². The third kappa shape index (κ3) is 3.37. The molecule has 0 unspecified atom stereocenters. The lowest BCUT2D eigenvalue weighted by Crippen LogP contribution is -2.51. The maximum Gasteiger partial charge on any atom is 0.138 e. The van der Waals surface area contributed by atoms with E-state index in [1.165, 1.54) is 38.5 Å². The van der Waals surface area contributed by atoms with Gasteiger partial charge in [0.2, 0.25) is 0 Å². The molecule has 4 aliphatic rings. The molecule has 160 valence electrons. The summed E-state index contributed by atoms with van der Waals surface area (Å²) in [4.78, 5) is 14.8. The largest absolute Gasteiger partial charge is 0.390 e. The molecule has 5 nitrogen and oxygen atoms in total. The topological polar surface area (TPSA) is 68.0 Å². The van der Waals surface area contributed by atoms with Crippen molar-refractivity contribution in [2.24, 2.45) is 40.9 Å². The number of hydrogen-bond acceptors (Lipinski definition) is 4. The highest BCUT2D eigenvalue weighted by Crippen LogP contribution is 2.64. The van der Waals surface area contributed by atoms with Crippen molar-refractivity contribution in [1.29, 1.82) is 0 Å². The van der Waals surface area contributed by atoms with Crippen LogP contribution in [0.5, 0.6) is 0 Å². The van der Waals surface area contributed by atoms with Gasteiger partial charge in [-0.2, -0.15) is 15.0 Å². The zero-order valence-corrected chi connectivity index (χ0v) is 18.1. The molecule has 0 saturated heterocycles. The van der Waals surface area contributed by atoms with Crippen molar-refractivity contribution in [2.75, 3.05) is 0 Å². The minimum atomic E-state index is -0.439. The molecule has 0 amide bonds. The van der Waals surface area contributed by atoms with Crippen LogP contribution in [0.4, 0.5) is 0 Å². The van der Waals surface area contributed by atoms with Crippen molar-refractivity contribution >= 4 is 5.78 Å². The van der Waals surface area contributed by atoms with Crippen LogP contribution in [0.2, 0.25) is 0 Å². The first-order valence-electron chi connectivity index (χ1n) is 12.0. The van der Waals surface area contributed by atoms with E-state index >= 15 is 0 Å². The molecule has 5 rings (SSSR count). The number of hydrogen-bond donors (Lipinski definition) is 1. The van der Waals surface area contributed by atoms with Crippen LogP contribution in [0.25, 0.3) is 0 Å². The van der Waals surface area contributed by atoms with Crippen molar-refractivity contribution in [1.82, 2.24) is 15.0 Å². The van der Waals surface area contributed by atoms with E-state index in [2.05, 4.69) is 17.1 Å². The molecule has 0 aliphatic heterocycles. The number of carbonyl (C=O) groups excluding carboxylic acids is 1. The van der Waals surface area contributed by atoms with E-state index in [9.17, 15) is 9.90 Å². The predicted molar refractivity (Wildman–Crippen MR) is 111 cm³/mol. The third-order valence-corrected chi connectivity index (χ3v) is 9.65. The number of nitrogens with zero attached hydrogens (tertiary/aromatic N) is 3. The number of carbonyl (C=O) groups is 1. The van der Waals surface area contributed by atoms with E-state index in [1.807, 2.05) is 6.92 Å². The summed E-state index contributed by atoms with van der Waals surface area (Å²) in [7, 11) is 0. The molecular formula is C24H37N3O2. The fourth-order valence-corrected chi connectivity index (χ4v) is 8.35. The Labute approximate surface area is 174 Å². The van der Waals surface area contributed by atoms with Crippen molar-refractivity contribution in [3.8, 4) is 0 Å². The van der Waals surface area contributed by atoms with Gasteiger partial charge in [0.1, 0.15) is 5.78 Å². The number of fused-ring (bicyclic) bond motifs is 5. The highest BCUT2D eigenvalue weighted by atomic mass is 16.3. The van der Waals surface area contributed by atoms with E-state index in [0.29, 0.717) is 18.7 Å². The normalized spacial score (nSPS) is 46.6. The molecule has 0 spiro atoms. The molecule has 0 aromatic carbocycles. The number of ketones is 1. The van der Waals surface area contributed by atoms with Crippen LogP contribution in [0.15, 0.2) is 12.4 Å². The van der Waals surface area contributed by atoms with Crippen LogP contribution in [-0.2, 0) is 11.3 Å². The molecule has 29 heavy (non-hydrogen) atoms. The lowest BCUT2D eigenvalue weighted by molar-refractivity contribution is -0.132. The Hall–Kier alpha value is -1.23. The number of Topliss-reactive ketones (excluding diaryl/α,β-unsaturated/α-hetero) is 1. The summed E-state index contributed by atoms with van der Waals surface area (Å²) in [6, 6.07) is 0. The van der Waals surface area contributed by atoms with Gasteiger partial charge < -0.3 is 5.11 Å². The Morgan fingerprint density at radius 2 is 1.76 bits per heavy atom. The molecule has 8 atom stereocenters. The first-order chi connectivity index (χ1) is 13.9. The van der Waals surface area contributed by atoms with Gasteiger partial charge in [-0.25, -0.2) is 0 Å². The summed E-state index contributed by atoms with van der Waals surface area (Å²) in [5.74, 6) is 4.58. The molecule has 5 heteroatoms. The van der Waals surface area contributed by atoms with E-state index in [0.717, 1.165) is 48.9 Å². The van der Waals surface area contributed by atoms with Crippen LogP contribution in [0.1, 0.15) is 78.1 Å². The fourth-order valence-electron chi connectivity index (χ4n) is 8.35. The molecular weight excluding hydrogens is 362 g/mol. The molecule has 0 radical (unpaired) electrons. The van der Waals surface area contributed by atoms with E-state index < -0.39 is 5.60 Å². The second-order valence-corrected chi connectivity index (χ2v) is 11.2. The minimum absolute atomic E-state index is 0.197. The smallest absolute Gasteiger partial charge is 0.138 e. The van der Waals surface area contributed by atoms with E-state index in [1.54, 1.807) is 17.2 Å². The molecule has 1 N–H and O–H groups in total. The van der Waals surface area contributed by atoms with Crippen molar-refractivity contribution in [2.45, 2.75) is 90.2 Å². The summed E-state index contributed by atoms with van der Waals surface area (Å²) >= 11 is 0. The lowest BCUT2D eigenvalue weighted by Gasteiger charge is -2.56. The Kier molecular flexibility index (Phi) is 4.88. The third-order valence-electron chi connectivity index (χ3n) is 9.65. The lowest BCUT2D eigenvalue weighted by atomic mass is 9.49. The van der Waals surface area contributed by atoms with Gasteiger partial charge in [-0.05, 0) is 99.7 Å². The predicted octanol–water partition coefficient (Wildman–Crippen LogP) is 4.26. The van der Waals surface area contributed by atoms with Crippen LogP contribution < -0.4 is 0 Å². The minimum Gasteiger partial charge on any atom is -0.390 e. The molecule has 4 aliphatic carbocycles. The number of aromatic nitrogens is 3. The number of aliphatic hydroxyl groups is 1. The maximum absolute atomic E-state index is 13.2. The Morgan fingerprint density at radius 1 is 1.00 bits per heavy atom. The Morgan fingerprint density at radius 3 is 2.55 bits per heavy atom. The zero-order valence-electron chi connectivity index (χ0n) is 18.1. The van der Waals surface area contributed by atoms with Gasteiger partial charge in [-0.1, -0.05) is 6.92 Å². The maximum atomic E-state index is 13.2. The Bertz CT molecular complexity index is 745. The number of aryl methyl sites for hydroxylation is 1. The van der Waals surface area contributed by atoms with Gasteiger partial charge in [-0.15, -0.1) is 0 Å². The second kappa shape index (κ2) is 7.18. The summed E-state index contributed by atoms with van der Waals surface area (Å²) in [5.41, 5.74) is -0.242. The van der Waals surface area contributed by atoms with Gasteiger partial charge in [-0.3, -0.25) is 4.79 Å². The average Bonchev–Trinajstić information content (AvgIpc) is 3.32. The summed E-state index contributed by atoms with van der Waals surface area (Å²) < 4.78 is 0. The van der Waals surface area contributed by atoms with Crippen molar-refractivity contribution in [3.05, 3.63) is 12.4 Å². The Balaban J connectivity index is 1.28. The van der Waals surface area contributed by atoms with Crippen LogP contribution in [0, 0.1) is 40.9 Å². The molecule has 1 aromatic rings. The quantitative estimate of drug-likeness (QED) is 0.821. The molecule has 1 heterocycles. The highest BCUT2D eigenvalue weighted by Gasteiger charge is 2.58. The molecule has 4 fully saturated rings. The zero-order chi connectivity index (χ0) is 20.2.